The standard InChI is InChI=1S/C26H28ClFN6O2/c1-26(10-20(21(35)22(26)36)34-5-4-14-23(29)31-11-32-25(14)34)16(13-2-3-13)6-12-7-18(28)15-9-17(27)24(30)33-19(15)8-12/h4-5,7-9,11,13,16,20-22,35-36H,2-3,6,10H2,1H3,(H2,30,33)(H2,29,31,32)/t16?,20-,21+,22+,26-/m1/s1. The lowest BCUT2D eigenvalue weighted by molar-refractivity contribution is -0.0482. The molecule has 0 amide bonds. The highest BCUT2D eigenvalue weighted by Gasteiger charge is 2.57. The lowest BCUT2D eigenvalue weighted by atomic mass is 9.68. The molecule has 0 saturated heterocycles. The molecule has 36 heavy (non-hydrogen) atoms. The van der Waals surface area contributed by atoms with E-state index in [1.54, 1.807) is 0 Å². The molecule has 4 aromatic rings. The minimum absolute atomic E-state index is 0.0372. The Balaban J connectivity index is 1.35. The van der Waals surface area contributed by atoms with Crippen molar-refractivity contribution in [1.82, 2.24) is 19.5 Å². The van der Waals surface area contributed by atoms with Gasteiger partial charge in [0.2, 0.25) is 0 Å². The molecule has 3 heterocycles. The Morgan fingerprint density at radius 3 is 2.69 bits per heavy atom. The molecule has 2 aliphatic rings. The van der Waals surface area contributed by atoms with E-state index in [4.69, 9.17) is 23.1 Å². The smallest absolute Gasteiger partial charge is 0.145 e. The van der Waals surface area contributed by atoms with E-state index in [0.717, 1.165) is 18.4 Å². The molecular weight excluding hydrogens is 483 g/mol. The van der Waals surface area contributed by atoms with Crippen molar-refractivity contribution in [2.24, 2.45) is 17.3 Å². The van der Waals surface area contributed by atoms with Crippen molar-refractivity contribution < 1.29 is 14.6 Å². The minimum Gasteiger partial charge on any atom is -0.390 e. The van der Waals surface area contributed by atoms with Crippen molar-refractivity contribution in [3.05, 3.63) is 53.2 Å². The van der Waals surface area contributed by atoms with Crippen LogP contribution in [-0.4, -0.2) is 41.9 Å². The largest absolute Gasteiger partial charge is 0.390 e. The normalized spacial score (nSPS) is 27.2. The van der Waals surface area contributed by atoms with Crippen LogP contribution in [0.5, 0.6) is 0 Å². The average Bonchev–Trinajstić information content (AvgIpc) is 3.54. The summed E-state index contributed by atoms with van der Waals surface area (Å²) in [7, 11) is 0. The fraction of sp³-hybridized carbons (Fsp3) is 0.423. The topological polar surface area (TPSA) is 136 Å². The van der Waals surface area contributed by atoms with Gasteiger partial charge in [-0.1, -0.05) is 18.5 Å². The van der Waals surface area contributed by atoms with E-state index in [9.17, 15) is 10.2 Å². The Hall–Kier alpha value is -3.01. The third kappa shape index (κ3) is 3.60. The molecule has 0 spiro atoms. The number of hydrogen-bond acceptors (Lipinski definition) is 7. The Bertz CT molecular complexity index is 1490. The summed E-state index contributed by atoms with van der Waals surface area (Å²) in [5.41, 5.74) is 13.1. The van der Waals surface area contributed by atoms with Gasteiger partial charge >= 0.3 is 0 Å². The second kappa shape index (κ2) is 8.26. The van der Waals surface area contributed by atoms with Crippen LogP contribution in [0.2, 0.25) is 5.02 Å². The maximum atomic E-state index is 15.0. The second-order valence-corrected chi connectivity index (χ2v) is 11.0. The first-order valence-electron chi connectivity index (χ1n) is 12.1. The fourth-order valence-electron chi connectivity index (χ4n) is 6.27. The Kier molecular flexibility index (Phi) is 5.37. The average molecular weight is 511 g/mol. The molecule has 0 radical (unpaired) electrons. The van der Waals surface area contributed by atoms with Gasteiger partial charge in [0.05, 0.1) is 28.1 Å². The third-order valence-corrected chi connectivity index (χ3v) is 8.66. The van der Waals surface area contributed by atoms with E-state index in [2.05, 4.69) is 15.0 Å². The number of benzene rings is 1. The molecule has 188 valence electrons. The number of pyridine rings is 1. The number of halogens is 2. The van der Waals surface area contributed by atoms with Gasteiger partial charge in [-0.25, -0.2) is 19.3 Å². The van der Waals surface area contributed by atoms with Crippen LogP contribution < -0.4 is 11.5 Å². The summed E-state index contributed by atoms with van der Waals surface area (Å²) in [5.74, 6) is 0.552. The number of aliphatic hydroxyl groups excluding tert-OH is 2. The van der Waals surface area contributed by atoms with Crippen molar-refractivity contribution in [2.75, 3.05) is 11.5 Å². The Labute approximate surface area is 212 Å². The fourth-order valence-corrected chi connectivity index (χ4v) is 6.42. The molecule has 2 saturated carbocycles. The van der Waals surface area contributed by atoms with Crippen LogP contribution in [-0.2, 0) is 6.42 Å². The predicted molar refractivity (Wildman–Crippen MR) is 137 cm³/mol. The van der Waals surface area contributed by atoms with E-state index >= 15 is 4.39 Å². The van der Waals surface area contributed by atoms with Gasteiger partial charge in [-0.05, 0) is 67.3 Å². The lowest BCUT2D eigenvalue weighted by Gasteiger charge is -2.38. The molecule has 5 atom stereocenters. The van der Waals surface area contributed by atoms with Gasteiger partial charge in [-0.3, -0.25) is 0 Å². The lowest BCUT2D eigenvalue weighted by Crippen LogP contribution is -2.41. The summed E-state index contributed by atoms with van der Waals surface area (Å²) in [6.45, 7) is 2.03. The third-order valence-electron chi connectivity index (χ3n) is 8.36. The van der Waals surface area contributed by atoms with Gasteiger partial charge in [0, 0.05) is 17.0 Å². The number of nitrogen functional groups attached to an aromatic ring is 2. The molecule has 8 nitrogen and oxygen atoms in total. The molecule has 0 aliphatic heterocycles. The zero-order valence-corrected chi connectivity index (χ0v) is 20.5. The molecular formula is C26H28ClFN6O2. The van der Waals surface area contributed by atoms with Gasteiger partial charge in [0.15, 0.2) is 0 Å². The highest BCUT2D eigenvalue weighted by molar-refractivity contribution is 6.33. The van der Waals surface area contributed by atoms with Gasteiger partial charge in [-0.2, -0.15) is 0 Å². The quantitative estimate of drug-likeness (QED) is 0.320. The van der Waals surface area contributed by atoms with E-state index in [-0.39, 0.29) is 22.8 Å². The Morgan fingerprint density at radius 2 is 1.94 bits per heavy atom. The molecule has 0 bridgehead atoms. The van der Waals surface area contributed by atoms with E-state index in [0.29, 0.717) is 46.5 Å². The number of hydrogen-bond donors (Lipinski definition) is 4. The summed E-state index contributed by atoms with van der Waals surface area (Å²) in [6.07, 6.45) is 4.48. The van der Waals surface area contributed by atoms with Crippen molar-refractivity contribution in [2.45, 2.75) is 50.9 Å². The zero-order chi connectivity index (χ0) is 25.4. The van der Waals surface area contributed by atoms with Crippen molar-refractivity contribution in [3.8, 4) is 0 Å². The number of aliphatic hydroxyl groups is 2. The number of nitrogens with zero attached hydrogens (tertiary/aromatic N) is 4. The maximum absolute atomic E-state index is 15.0. The summed E-state index contributed by atoms with van der Waals surface area (Å²) in [6, 6.07) is 6.31. The molecule has 2 aliphatic carbocycles. The van der Waals surface area contributed by atoms with Gasteiger partial charge in [-0.15, -0.1) is 0 Å². The van der Waals surface area contributed by atoms with Gasteiger partial charge in [0.1, 0.15) is 35.5 Å². The van der Waals surface area contributed by atoms with E-state index < -0.39 is 23.4 Å². The van der Waals surface area contributed by atoms with Crippen molar-refractivity contribution in [3.63, 3.8) is 0 Å². The predicted octanol–water partition coefficient (Wildman–Crippen LogP) is 3.88. The molecule has 1 unspecified atom stereocenters. The SMILES string of the molecule is C[C@]1(C(Cc2cc(F)c3cc(Cl)c(N)nc3c2)C2CC2)C[C@@H](n2ccc3c(N)ncnc32)[C@H](O)[C@@H]1O. The van der Waals surface area contributed by atoms with Gasteiger partial charge < -0.3 is 26.2 Å². The number of anilines is 2. The van der Waals surface area contributed by atoms with Crippen LogP contribution in [0.3, 0.4) is 0 Å². The van der Waals surface area contributed by atoms with Crippen LogP contribution in [0.4, 0.5) is 16.0 Å². The highest BCUT2D eigenvalue weighted by atomic mass is 35.5. The van der Waals surface area contributed by atoms with E-state index in [1.165, 1.54) is 18.5 Å². The molecule has 2 fully saturated rings. The highest BCUT2D eigenvalue weighted by Crippen LogP contribution is 2.57. The van der Waals surface area contributed by atoms with Crippen LogP contribution in [0.1, 0.15) is 37.8 Å². The number of fused-ring (bicyclic) bond motifs is 2. The Morgan fingerprint density at radius 1 is 1.17 bits per heavy atom. The van der Waals surface area contributed by atoms with E-state index in [1.807, 2.05) is 29.8 Å². The second-order valence-electron chi connectivity index (χ2n) is 10.6. The maximum Gasteiger partial charge on any atom is 0.145 e. The first-order valence-corrected chi connectivity index (χ1v) is 12.5. The monoisotopic (exact) mass is 510 g/mol. The molecule has 3 aromatic heterocycles. The summed E-state index contributed by atoms with van der Waals surface area (Å²) >= 11 is 6.05. The van der Waals surface area contributed by atoms with Crippen molar-refractivity contribution in [1.29, 1.82) is 0 Å². The van der Waals surface area contributed by atoms with Crippen LogP contribution in [0.25, 0.3) is 21.9 Å². The van der Waals surface area contributed by atoms with Crippen LogP contribution in [0.15, 0.2) is 36.8 Å². The first kappa shape index (κ1) is 23.4. The number of nitrogens with two attached hydrogens (primary N) is 2. The van der Waals surface area contributed by atoms with Crippen LogP contribution in [0, 0.1) is 23.1 Å². The summed E-state index contributed by atoms with van der Waals surface area (Å²) in [4.78, 5) is 12.7. The molecule has 1 aromatic carbocycles. The molecule has 10 heteroatoms. The summed E-state index contributed by atoms with van der Waals surface area (Å²) in [5, 5.41) is 23.9. The van der Waals surface area contributed by atoms with Gasteiger partial charge in [0.25, 0.3) is 0 Å². The van der Waals surface area contributed by atoms with Crippen molar-refractivity contribution >= 4 is 45.2 Å². The van der Waals surface area contributed by atoms with Crippen LogP contribution >= 0.6 is 11.6 Å². The molecule has 6 N–H and O–H groups in total. The number of rotatable bonds is 5. The molecule has 6 rings (SSSR count). The zero-order valence-electron chi connectivity index (χ0n) is 19.8. The number of aromatic nitrogens is 4. The summed E-state index contributed by atoms with van der Waals surface area (Å²) < 4.78 is 16.9. The minimum atomic E-state index is -0.986. The first-order chi connectivity index (χ1) is 17.2.